The largest absolute Gasteiger partial charge is 0.508 e. The predicted octanol–water partition coefficient (Wildman–Crippen LogP) is 2.12. The number of phenols is 1. The van der Waals surface area contributed by atoms with Crippen LogP contribution in [0.2, 0.25) is 0 Å². The maximum atomic E-state index is 9.94. The van der Waals surface area contributed by atoms with E-state index in [4.69, 9.17) is 5.11 Å². The molecule has 96 valence electrons. The molecule has 4 nitrogen and oxygen atoms in total. The molecule has 0 atom stereocenters. The van der Waals surface area contributed by atoms with Crippen molar-refractivity contribution in [2.75, 3.05) is 0 Å². The molecular formula is C13H22N2O2. The number of nitrogens with one attached hydrogen (secondary N) is 1. The standard InChI is InChI=1S/C10H14O.C3H8N2O/c1-2-3-4-9-5-7-10(11)8-6-9;1-2-3(6)5-4/h5-8,11H,2-4H2,1H3;2,4H2,1H3,(H,5,6). The van der Waals surface area contributed by atoms with E-state index in [1.165, 1.54) is 18.4 Å². The molecule has 0 unspecified atom stereocenters. The van der Waals surface area contributed by atoms with Crippen molar-refractivity contribution in [3.63, 3.8) is 0 Å². The van der Waals surface area contributed by atoms with Gasteiger partial charge in [0, 0.05) is 6.42 Å². The lowest BCUT2D eigenvalue weighted by atomic mass is 10.1. The van der Waals surface area contributed by atoms with Gasteiger partial charge in [0.15, 0.2) is 0 Å². The Morgan fingerprint density at radius 1 is 1.29 bits per heavy atom. The summed E-state index contributed by atoms with van der Waals surface area (Å²) in [5.74, 6) is 4.91. The maximum absolute atomic E-state index is 9.94. The van der Waals surface area contributed by atoms with Crippen molar-refractivity contribution in [1.29, 1.82) is 0 Å². The zero-order valence-corrected chi connectivity index (χ0v) is 10.6. The van der Waals surface area contributed by atoms with E-state index >= 15 is 0 Å². The molecule has 0 aliphatic rings. The van der Waals surface area contributed by atoms with Crippen LogP contribution in [0.1, 0.15) is 38.7 Å². The lowest BCUT2D eigenvalue weighted by Gasteiger charge is -1.98. The average molecular weight is 238 g/mol. The van der Waals surface area contributed by atoms with Gasteiger partial charge in [0.2, 0.25) is 5.91 Å². The molecule has 1 aromatic carbocycles. The number of rotatable bonds is 4. The third-order valence-electron chi connectivity index (χ3n) is 2.24. The molecule has 0 aliphatic carbocycles. The number of carbonyl (C=O) groups is 1. The number of aromatic hydroxyl groups is 1. The summed E-state index contributed by atoms with van der Waals surface area (Å²) in [6, 6.07) is 7.44. The zero-order chi connectivity index (χ0) is 13.1. The van der Waals surface area contributed by atoms with E-state index in [1.807, 2.05) is 17.6 Å². The van der Waals surface area contributed by atoms with Crippen LogP contribution in [0.25, 0.3) is 0 Å². The number of carbonyl (C=O) groups excluding carboxylic acids is 1. The molecule has 0 spiro atoms. The number of phenolic OH excluding ortho intramolecular Hbond substituents is 1. The van der Waals surface area contributed by atoms with Crippen LogP contribution in [-0.4, -0.2) is 11.0 Å². The van der Waals surface area contributed by atoms with Crippen LogP contribution in [-0.2, 0) is 11.2 Å². The first kappa shape index (κ1) is 15.4. The highest BCUT2D eigenvalue weighted by molar-refractivity contribution is 5.74. The molecule has 17 heavy (non-hydrogen) atoms. The second-order valence-electron chi connectivity index (χ2n) is 3.69. The molecule has 4 heteroatoms. The van der Waals surface area contributed by atoms with Crippen molar-refractivity contribution in [2.45, 2.75) is 39.5 Å². The minimum absolute atomic E-state index is 0.130. The van der Waals surface area contributed by atoms with Gasteiger partial charge in [-0.3, -0.25) is 10.2 Å². The van der Waals surface area contributed by atoms with E-state index in [-0.39, 0.29) is 5.91 Å². The number of hydrogen-bond acceptors (Lipinski definition) is 3. The molecule has 1 rings (SSSR count). The summed E-state index contributed by atoms with van der Waals surface area (Å²) in [5.41, 5.74) is 3.29. The average Bonchev–Trinajstić information content (AvgIpc) is 2.38. The lowest BCUT2D eigenvalue weighted by Crippen LogP contribution is -2.28. The number of amides is 1. The number of nitrogens with two attached hydrogens (primary N) is 1. The van der Waals surface area contributed by atoms with Crippen molar-refractivity contribution >= 4 is 5.91 Å². The number of benzene rings is 1. The van der Waals surface area contributed by atoms with Crippen molar-refractivity contribution < 1.29 is 9.90 Å². The van der Waals surface area contributed by atoms with E-state index < -0.39 is 0 Å². The Hall–Kier alpha value is -1.55. The van der Waals surface area contributed by atoms with Crippen molar-refractivity contribution in [3.05, 3.63) is 29.8 Å². The Kier molecular flexibility index (Phi) is 8.78. The van der Waals surface area contributed by atoms with Crippen molar-refractivity contribution in [1.82, 2.24) is 5.43 Å². The van der Waals surface area contributed by atoms with Gasteiger partial charge in [0.05, 0.1) is 0 Å². The quantitative estimate of drug-likeness (QED) is 0.427. The third kappa shape index (κ3) is 8.28. The van der Waals surface area contributed by atoms with Gasteiger partial charge in [0.25, 0.3) is 0 Å². The van der Waals surface area contributed by atoms with Crippen molar-refractivity contribution in [3.8, 4) is 5.75 Å². The predicted molar refractivity (Wildman–Crippen MR) is 69.3 cm³/mol. The van der Waals surface area contributed by atoms with Gasteiger partial charge < -0.3 is 5.11 Å². The molecule has 0 heterocycles. The summed E-state index contributed by atoms with van der Waals surface area (Å²) in [4.78, 5) is 9.94. The van der Waals surface area contributed by atoms with E-state index in [2.05, 4.69) is 12.8 Å². The van der Waals surface area contributed by atoms with Crippen LogP contribution < -0.4 is 11.3 Å². The van der Waals surface area contributed by atoms with Gasteiger partial charge in [-0.25, -0.2) is 5.84 Å². The SMILES string of the molecule is CCC(=O)NN.CCCCc1ccc(O)cc1. The van der Waals surface area contributed by atoms with E-state index in [9.17, 15) is 4.79 Å². The molecule has 0 saturated carbocycles. The molecule has 0 saturated heterocycles. The first-order chi connectivity index (χ1) is 8.13. The van der Waals surface area contributed by atoms with Gasteiger partial charge in [-0.2, -0.15) is 0 Å². The van der Waals surface area contributed by atoms with Gasteiger partial charge in [-0.1, -0.05) is 32.4 Å². The highest BCUT2D eigenvalue weighted by atomic mass is 16.3. The Labute approximate surface area is 103 Å². The van der Waals surface area contributed by atoms with Crippen LogP contribution in [0.4, 0.5) is 0 Å². The summed E-state index contributed by atoms with van der Waals surface area (Å²) in [5, 5.41) is 8.98. The monoisotopic (exact) mass is 238 g/mol. The van der Waals surface area contributed by atoms with Gasteiger partial charge in [-0.15, -0.1) is 0 Å². The highest BCUT2D eigenvalue weighted by Gasteiger charge is 1.91. The molecule has 0 fully saturated rings. The Morgan fingerprint density at radius 2 is 1.88 bits per heavy atom. The normalized spacial score (nSPS) is 9.12. The van der Waals surface area contributed by atoms with Crippen LogP contribution >= 0.6 is 0 Å². The maximum Gasteiger partial charge on any atom is 0.233 e. The van der Waals surface area contributed by atoms with Crippen LogP contribution in [0.3, 0.4) is 0 Å². The first-order valence-corrected chi connectivity index (χ1v) is 5.91. The Bertz CT molecular complexity index is 304. The number of hydrazine groups is 1. The zero-order valence-electron chi connectivity index (χ0n) is 10.6. The Morgan fingerprint density at radius 3 is 2.24 bits per heavy atom. The summed E-state index contributed by atoms with van der Waals surface area (Å²) < 4.78 is 0. The van der Waals surface area contributed by atoms with E-state index in [0.717, 1.165) is 6.42 Å². The fourth-order valence-corrected chi connectivity index (χ4v) is 1.15. The fraction of sp³-hybridized carbons (Fsp3) is 0.462. The minimum Gasteiger partial charge on any atom is -0.508 e. The van der Waals surface area contributed by atoms with Gasteiger partial charge in [-0.05, 0) is 30.5 Å². The molecular weight excluding hydrogens is 216 g/mol. The second-order valence-corrected chi connectivity index (χ2v) is 3.69. The highest BCUT2D eigenvalue weighted by Crippen LogP contribution is 2.11. The van der Waals surface area contributed by atoms with Crippen LogP contribution in [0, 0.1) is 0 Å². The molecule has 0 bridgehead atoms. The summed E-state index contributed by atoms with van der Waals surface area (Å²) in [6.45, 7) is 3.92. The fourth-order valence-electron chi connectivity index (χ4n) is 1.15. The number of unbranched alkanes of at least 4 members (excludes halogenated alkanes) is 1. The smallest absolute Gasteiger partial charge is 0.233 e. The van der Waals surface area contributed by atoms with Gasteiger partial charge >= 0.3 is 0 Å². The molecule has 0 aliphatic heterocycles. The Balaban J connectivity index is 0.000000366. The molecule has 1 aromatic rings. The third-order valence-corrected chi connectivity index (χ3v) is 2.24. The minimum atomic E-state index is -0.130. The van der Waals surface area contributed by atoms with Crippen LogP contribution in [0.15, 0.2) is 24.3 Å². The van der Waals surface area contributed by atoms with Gasteiger partial charge in [0.1, 0.15) is 5.75 Å². The number of hydrogen-bond donors (Lipinski definition) is 3. The van der Waals surface area contributed by atoms with Crippen LogP contribution in [0.5, 0.6) is 5.75 Å². The second kappa shape index (κ2) is 9.66. The first-order valence-electron chi connectivity index (χ1n) is 5.91. The van der Waals surface area contributed by atoms with E-state index in [1.54, 1.807) is 19.1 Å². The molecule has 4 N–H and O–H groups in total. The summed E-state index contributed by atoms with van der Waals surface area (Å²) >= 11 is 0. The molecule has 0 radical (unpaired) electrons. The summed E-state index contributed by atoms with van der Waals surface area (Å²) in [6.07, 6.45) is 4.03. The van der Waals surface area contributed by atoms with E-state index in [0.29, 0.717) is 12.2 Å². The van der Waals surface area contributed by atoms with Crippen molar-refractivity contribution in [2.24, 2.45) is 5.84 Å². The topological polar surface area (TPSA) is 75.4 Å². The molecule has 0 aromatic heterocycles. The number of aryl methyl sites for hydroxylation is 1. The summed E-state index contributed by atoms with van der Waals surface area (Å²) in [7, 11) is 0. The lowest BCUT2D eigenvalue weighted by molar-refractivity contribution is -0.120. The molecule has 1 amide bonds.